The molecule has 3 aromatic rings. The Hall–Kier alpha value is -3.39. The molecule has 1 aliphatic heterocycles. The monoisotopic (exact) mass is 392 g/mol. The molecule has 0 atom stereocenters. The summed E-state index contributed by atoms with van der Waals surface area (Å²) in [7, 11) is 0. The predicted molar refractivity (Wildman–Crippen MR) is 110 cm³/mol. The second-order valence-electron chi connectivity index (χ2n) is 6.78. The van der Waals surface area contributed by atoms with Crippen molar-refractivity contribution in [3.8, 4) is 5.82 Å². The van der Waals surface area contributed by atoms with Gasteiger partial charge in [-0.15, -0.1) is 0 Å². The molecule has 2 N–H and O–H groups in total. The fourth-order valence-corrected chi connectivity index (χ4v) is 3.17. The number of nitrogens with one attached hydrogen (secondary N) is 2. The van der Waals surface area contributed by atoms with E-state index in [1.54, 1.807) is 17.1 Å². The number of hydrogen-bond acceptors (Lipinski definition) is 5. The van der Waals surface area contributed by atoms with Gasteiger partial charge in [-0.2, -0.15) is 5.10 Å². The van der Waals surface area contributed by atoms with Gasteiger partial charge in [-0.1, -0.05) is 12.1 Å². The lowest BCUT2D eigenvalue weighted by molar-refractivity contribution is 0.122. The van der Waals surface area contributed by atoms with Crippen LogP contribution in [0.25, 0.3) is 5.82 Å². The minimum Gasteiger partial charge on any atom is -0.378 e. The second kappa shape index (κ2) is 9.20. The van der Waals surface area contributed by atoms with Gasteiger partial charge in [0.25, 0.3) is 0 Å². The standard InChI is InChI=1S/C21H24N6O2/c28-21(24-16-18-6-8-22-20(14-18)27-9-1-7-25-27)23-15-17-2-4-19(5-3-17)26-10-12-29-13-11-26/h1-9,14H,10-13,15-16H2,(H2,23,24,28). The van der Waals surface area contributed by atoms with Gasteiger partial charge >= 0.3 is 6.03 Å². The summed E-state index contributed by atoms with van der Waals surface area (Å²) in [6.07, 6.45) is 5.24. The van der Waals surface area contributed by atoms with Gasteiger partial charge in [-0.3, -0.25) is 0 Å². The number of aromatic nitrogens is 3. The number of benzene rings is 1. The smallest absolute Gasteiger partial charge is 0.315 e. The Kier molecular flexibility index (Phi) is 6.01. The number of nitrogens with zero attached hydrogens (tertiary/aromatic N) is 4. The zero-order valence-corrected chi connectivity index (χ0v) is 16.1. The van der Waals surface area contributed by atoms with Crippen molar-refractivity contribution < 1.29 is 9.53 Å². The first-order valence-corrected chi connectivity index (χ1v) is 9.66. The summed E-state index contributed by atoms with van der Waals surface area (Å²) in [5.74, 6) is 0.718. The molecule has 29 heavy (non-hydrogen) atoms. The maximum atomic E-state index is 12.1. The van der Waals surface area contributed by atoms with Crippen molar-refractivity contribution in [2.75, 3.05) is 31.2 Å². The van der Waals surface area contributed by atoms with Crippen LogP contribution in [0.3, 0.4) is 0 Å². The first kappa shape index (κ1) is 18.9. The Balaban J connectivity index is 1.24. The van der Waals surface area contributed by atoms with Crippen LogP contribution in [-0.4, -0.2) is 47.1 Å². The lowest BCUT2D eigenvalue weighted by Gasteiger charge is -2.28. The van der Waals surface area contributed by atoms with Gasteiger partial charge < -0.3 is 20.3 Å². The van der Waals surface area contributed by atoms with E-state index in [2.05, 4.69) is 37.7 Å². The van der Waals surface area contributed by atoms with Crippen LogP contribution in [0.2, 0.25) is 0 Å². The number of ether oxygens (including phenoxy) is 1. The summed E-state index contributed by atoms with van der Waals surface area (Å²) in [5.41, 5.74) is 3.20. The molecular weight excluding hydrogens is 368 g/mol. The van der Waals surface area contributed by atoms with Gasteiger partial charge in [0, 0.05) is 50.5 Å². The highest BCUT2D eigenvalue weighted by Gasteiger charge is 2.11. The van der Waals surface area contributed by atoms with E-state index in [1.807, 2.05) is 36.5 Å². The van der Waals surface area contributed by atoms with E-state index in [0.717, 1.165) is 43.2 Å². The van der Waals surface area contributed by atoms with Crippen LogP contribution in [0.5, 0.6) is 0 Å². The molecule has 3 heterocycles. The number of urea groups is 1. The summed E-state index contributed by atoms with van der Waals surface area (Å²) in [6.45, 7) is 4.26. The Morgan fingerprint density at radius 3 is 2.48 bits per heavy atom. The van der Waals surface area contributed by atoms with Crippen molar-refractivity contribution in [2.45, 2.75) is 13.1 Å². The Morgan fingerprint density at radius 1 is 1.00 bits per heavy atom. The third-order valence-corrected chi connectivity index (χ3v) is 4.77. The van der Waals surface area contributed by atoms with Crippen LogP contribution in [0.4, 0.5) is 10.5 Å². The van der Waals surface area contributed by atoms with Crippen LogP contribution in [0.15, 0.2) is 61.1 Å². The Morgan fingerprint density at radius 2 is 1.76 bits per heavy atom. The molecule has 0 unspecified atom stereocenters. The van der Waals surface area contributed by atoms with Crippen LogP contribution >= 0.6 is 0 Å². The lowest BCUT2D eigenvalue weighted by atomic mass is 10.2. The number of rotatable bonds is 6. The quantitative estimate of drug-likeness (QED) is 0.671. The molecule has 0 aliphatic carbocycles. The molecule has 0 bridgehead atoms. The highest BCUT2D eigenvalue weighted by Crippen LogP contribution is 2.16. The fourth-order valence-electron chi connectivity index (χ4n) is 3.17. The first-order valence-electron chi connectivity index (χ1n) is 9.66. The third-order valence-electron chi connectivity index (χ3n) is 4.77. The molecule has 0 radical (unpaired) electrons. The fraction of sp³-hybridized carbons (Fsp3) is 0.286. The predicted octanol–water partition coefficient (Wildman–Crippen LogP) is 2.10. The van der Waals surface area contributed by atoms with Crippen molar-refractivity contribution >= 4 is 11.7 Å². The third kappa shape index (κ3) is 5.11. The maximum Gasteiger partial charge on any atom is 0.315 e. The average Bonchev–Trinajstić information content (AvgIpc) is 3.33. The van der Waals surface area contributed by atoms with Gasteiger partial charge in [0.1, 0.15) is 0 Å². The molecule has 1 saturated heterocycles. The molecule has 2 amide bonds. The molecule has 1 fully saturated rings. The Labute approximate surface area is 169 Å². The summed E-state index contributed by atoms with van der Waals surface area (Å²) in [4.78, 5) is 18.7. The van der Waals surface area contributed by atoms with Crippen molar-refractivity contribution in [1.29, 1.82) is 0 Å². The average molecular weight is 392 g/mol. The second-order valence-corrected chi connectivity index (χ2v) is 6.78. The molecular formula is C21H24N6O2. The molecule has 150 valence electrons. The van der Waals surface area contributed by atoms with Gasteiger partial charge in [0.15, 0.2) is 5.82 Å². The first-order chi connectivity index (χ1) is 14.3. The minimum absolute atomic E-state index is 0.209. The summed E-state index contributed by atoms with van der Waals surface area (Å²) < 4.78 is 7.07. The number of pyridine rings is 1. The van der Waals surface area contributed by atoms with Crippen LogP contribution in [0.1, 0.15) is 11.1 Å². The summed E-state index contributed by atoms with van der Waals surface area (Å²) >= 11 is 0. The van der Waals surface area contributed by atoms with E-state index in [1.165, 1.54) is 5.69 Å². The van der Waals surface area contributed by atoms with E-state index < -0.39 is 0 Å². The van der Waals surface area contributed by atoms with Crippen LogP contribution < -0.4 is 15.5 Å². The SMILES string of the molecule is O=C(NCc1ccc(N2CCOCC2)cc1)NCc1ccnc(-n2cccn2)c1. The Bertz CT molecular complexity index is 921. The highest BCUT2D eigenvalue weighted by atomic mass is 16.5. The number of carbonyl (C=O) groups excluding carboxylic acids is 1. The van der Waals surface area contributed by atoms with Gasteiger partial charge in [0.05, 0.1) is 13.2 Å². The molecule has 1 aromatic carbocycles. The number of carbonyl (C=O) groups is 1. The van der Waals surface area contributed by atoms with Crippen molar-refractivity contribution in [3.63, 3.8) is 0 Å². The maximum absolute atomic E-state index is 12.1. The van der Waals surface area contributed by atoms with Crippen molar-refractivity contribution in [3.05, 3.63) is 72.2 Å². The molecule has 8 heteroatoms. The molecule has 0 spiro atoms. The highest BCUT2D eigenvalue weighted by molar-refractivity contribution is 5.73. The molecule has 0 saturated carbocycles. The minimum atomic E-state index is -0.209. The van der Waals surface area contributed by atoms with E-state index in [0.29, 0.717) is 13.1 Å². The van der Waals surface area contributed by atoms with E-state index in [4.69, 9.17) is 4.74 Å². The van der Waals surface area contributed by atoms with Gasteiger partial charge in [-0.25, -0.2) is 14.5 Å². The number of amides is 2. The zero-order chi connectivity index (χ0) is 19.9. The number of anilines is 1. The van der Waals surface area contributed by atoms with E-state index in [9.17, 15) is 4.79 Å². The van der Waals surface area contributed by atoms with Gasteiger partial charge in [0.2, 0.25) is 0 Å². The molecule has 4 rings (SSSR count). The van der Waals surface area contributed by atoms with Gasteiger partial charge in [-0.05, 0) is 41.5 Å². The number of hydrogen-bond donors (Lipinski definition) is 2. The summed E-state index contributed by atoms with van der Waals surface area (Å²) in [6, 6.07) is 13.7. The van der Waals surface area contributed by atoms with E-state index >= 15 is 0 Å². The zero-order valence-electron chi connectivity index (χ0n) is 16.1. The van der Waals surface area contributed by atoms with E-state index in [-0.39, 0.29) is 6.03 Å². The lowest BCUT2D eigenvalue weighted by Crippen LogP contribution is -2.36. The van der Waals surface area contributed by atoms with Crippen molar-refractivity contribution in [2.24, 2.45) is 0 Å². The van der Waals surface area contributed by atoms with Crippen LogP contribution in [0, 0.1) is 0 Å². The van der Waals surface area contributed by atoms with Crippen LogP contribution in [-0.2, 0) is 17.8 Å². The largest absolute Gasteiger partial charge is 0.378 e. The molecule has 8 nitrogen and oxygen atoms in total. The van der Waals surface area contributed by atoms with Crippen molar-refractivity contribution in [1.82, 2.24) is 25.4 Å². The normalized spacial score (nSPS) is 13.9. The summed E-state index contributed by atoms with van der Waals surface area (Å²) in [5, 5.41) is 9.94. The molecule has 2 aromatic heterocycles. The number of morpholine rings is 1. The molecule has 1 aliphatic rings. The topological polar surface area (TPSA) is 84.3 Å².